The first-order valence-corrected chi connectivity index (χ1v) is 4.92. The van der Waals surface area contributed by atoms with Crippen molar-refractivity contribution in [2.24, 2.45) is 5.10 Å². The maximum absolute atomic E-state index is 11.1. The molecular weight excluding hydrogens is 246 g/mol. The molecule has 0 heterocycles. The topological polar surface area (TPSA) is 122 Å². The number of esters is 1. The van der Waals surface area contributed by atoms with Crippen LogP contribution in [0.3, 0.4) is 0 Å². The molecule has 0 radical (unpaired) electrons. The van der Waals surface area contributed by atoms with Gasteiger partial charge in [0.25, 0.3) is 0 Å². The Morgan fingerprint density at radius 1 is 1.32 bits per heavy atom. The van der Waals surface area contributed by atoms with E-state index < -0.39 is 11.7 Å². The van der Waals surface area contributed by atoms with Crippen molar-refractivity contribution in [2.75, 3.05) is 12.5 Å². The molecule has 0 aliphatic carbocycles. The SMILES string of the molecule is COC(=O)/C(C#N)=N/Nc1cc(C#N)ccc1C#N. The number of methoxy groups -OCH3 is 1. The van der Waals surface area contributed by atoms with Gasteiger partial charge in [-0.3, -0.25) is 5.43 Å². The molecule has 0 aliphatic rings. The highest BCUT2D eigenvalue weighted by atomic mass is 16.5. The third kappa shape index (κ3) is 3.29. The highest BCUT2D eigenvalue weighted by Gasteiger charge is 2.11. The number of benzene rings is 1. The van der Waals surface area contributed by atoms with E-state index in [4.69, 9.17) is 15.8 Å². The number of anilines is 1. The fraction of sp³-hybridized carbons (Fsp3) is 0.0833. The van der Waals surface area contributed by atoms with Crippen molar-refractivity contribution in [3.8, 4) is 18.2 Å². The maximum atomic E-state index is 11.1. The fourth-order valence-corrected chi connectivity index (χ4v) is 1.13. The predicted octanol–water partition coefficient (Wildman–Crippen LogP) is 0.894. The van der Waals surface area contributed by atoms with Crippen LogP contribution in [-0.4, -0.2) is 18.8 Å². The Morgan fingerprint density at radius 2 is 2.05 bits per heavy atom. The van der Waals surface area contributed by atoms with Gasteiger partial charge >= 0.3 is 5.97 Å². The normalized spacial score (nSPS) is 9.68. The molecule has 1 aromatic carbocycles. The molecule has 92 valence electrons. The van der Waals surface area contributed by atoms with E-state index in [0.717, 1.165) is 7.11 Å². The number of nitrogens with one attached hydrogen (secondary N) is 1. The van der Waals surface area contributed by atoms with Gasteiger partial charge in [0.15, 0.2) is 0 Å². The van der Waals surface area contributed by atoms with Crippen LogP contribution in [0, 0.1) is 34.0 Å². The minimum atomic E-state index is -0.898. The highest BCUT2D eigenvalue weighted by molar-refractivity contribution is 6.43. The quantitative estimate of drug-likeness (QED) is 0.485. The molecule has 0 saturated heterocycles. The van der Waals surface area contributed by atoms with Crippen molar-refractivity contribution in [3.05, 3.63) is 29.3 Å². The average Bonchev–Trinajstić information content (AvgIpc) is 2.47. The van der Waals surface area contributed by atoms with Gasteiger partial charge in [-0.1, -0.05) is 0 Å². The molecule has 0 atom stereocenters. The molecule has 0 saturated carbocycles. The van der Waals surface area contributed by atoms with E-state index in [9.17, 15) is 4.79 Å². The van der Waals surface area contributed by atoms with Crippen molar-refractivity contribution >= 4 is 17.4 Å². The zero-order valence-corrected chi connectivity index (χ0v) is 9.84. The molecule has 0 spiro atoms. The molecule has 1 rings (SSSR count). The van der Waals surface area contributed by atoms with Gasteiger partial charge in [0.05, 0.1) is 30.0 Å². The van der Waals surface area contributed by atoms with E-state index in [1.165, 1.54) is 18.2 Å². The van der Waals surface area contributed by atoms with Gasteiger partial charge in [0.2, 0.25) is 5.71 Å². The van der Waals surface area contributed by atoms with Crippen molar-refractivity contribution in [1.29, 1.82) is 15.8 Å². The van der Waals surface area contributed by atoms with Crippen molar-refractivity contribution < 1.29 is 9.53 Å². The van der Waals surface area contributed by atoms with Gasteiger partial charge in [-0.15, -0.1) is 0 Å². The highest BCUT2D eigenvalue weighted by Crippen LogP contribution is 2.16. The fourth-order valence-electron chi connectivity index (χ4n) is 1.13. The Hall–Kier alpha value is -3.37. The second-order valence-electron chi connectivity index (χ2n) is 3.16. The van der Waals surface area contributed by atoms with Gasteiger partial charge in [0, 0.05) is 0 Å². The molecule has 0 fully saturated rings. The Labute approximate surface area is 108 Å². The Morgan fingerprint density at radius 3 is 2.58 bits per heavy atom. The molecular formula is C12H7N5O2. The van der Waals surface area contributed by atoms with Gasteiger partial charge in [-0.25, -0.2) is 4.79 Å². The average molecular weight is 253 g/mol. The number of ether oxygens (including phenoxy) is 1. The number of carbonyl (C=O) groups is 1. The first-order valence-electron chi connectivity index (χ1n) is 4.92. The minimum absolute atomic E-state index is 0.221. The number of hydrogen-bond acceptors (Lipinski definition) is 7. The number of nitriles is 3. The Kier molecular flexibility index (Phi) is 4.60. The summed E-state index contributed by atoms with van der Waals surface area (Å²) in [6.07, 6.45) is 0. The van der Waals surface area contributed by atoms with E-state index in [0.29, 0.717) is 5.56 Å². The summed E-state index contributed by atoms with van der Waals surface area (Å²) < 4.78 is 4.34. The second kappa shape index (κ2) is 6.39. The first kappa shape index (κ1) is 13.7. The standard InChI is InChI=1S/C12H7N5O2/c1-19-12(18)11(7-15)17-16-10-4-8(5-13)2-3-9(10)6-14/h2-4,16H,1H3/b17-11+. The summed E-state index contributed by atoms with van der Waals surface area (Å²) in [4.78, 5) is 11.1. The summed E-state index contributed by atoms with van der Waals surface area (Å²) in [5, 5.41) is 29.9. The third-order valence-electron chi connectivity index (χ3n) is 2.04. The van der Waals surface area contributed by atoms with Gasteiger partial charge in [0.1, 0.15) is 12.1 Å². The summed E-state index contributed by atoms with van der Waals surface area (Å²) in [7, 11) is 1.12. The Balaban J connectivity index is 3.10. The molecule has 0 bridgehead atoms. The van der Waals surface area contributed by atoms with E-state index in [1.807, 2.05) is 12.1 Å². The number of carbonyl (C=O) groups excluding carboxylic acids is 1. The van der Waals surface area contributed by atoms with Crippen molar-refractivity contribution in [3.63, 3.8) is 0 Å². The van der Waals surface area contributed by atoms with Crippen LogP contribution in [0.15, 0.2) is 23.3 Å². The van der Waals surface area contributed by atoms with E-state index in [1.54, 1.807) is 6.07 Å². The van der Waals surface area contributed by atoms with E-state index >= 15 is 0 Å². The second-order valence-corrected chi connectivity index (χ2v) is 3.16. The molecule has 0 aliphatic heterocycles. The Bertz CT molecular complexity index is 658. The van der Waals surface area contributed by atoms with Crippen LogP contribution in [0.1, 0.15) is 11.1 Å². The zero-order chi connectivity index (χ0) is 14.3. The van der Waals surface area contributed by atoms with Crippen LogP contribution in [0.2, 0.25) is 0 Å². The monoisotopic (exact) mass is 253 g/mol. The minimum Gasteiger partial charge on any atom is -0.464 e. The molecule has 7 heteroatoms. The van der Waals surface area contributed by atoms with Crippen LogP contribution in [0.5, 0.6) is 0 Å². The zero-order valence-electron chi connectivity index (χ0n) is 9.84. The van der Waals surface area contributed by atoms with Crippen LogP contribution >= 0.6 is 0 Å². The maximum Gasteiger partial charge on any atom is 0.369 e. The van der Waals surface area contributed by atoms with Crippen LogP contribution < -0.4 is 5.43 Å². The van der Waals surface area contributed by atoms with Crippen LogP contribution in [-0.2, 0) is 9.53 Å². The molecule has 1 aromatic rings. The van der Waals surface area contributed by atoms with Gasteiger partial charge in [-0.2, -0.15) is 20.9 Å². The van der Waals surface area contributed by atoms with E-state index in [2.05, 4.69) is 15.3 Å². The number of hydrazone groups is 1. The number of rotatable bonds is 3. The van der Waals surface area contributed by atoms with Crippen molar-refractivity contribution in [1.82, 2.24) is 0 Å². The van der Waals surface area contributed by atoms with Gasteiger partial charge in [-0.05, 0) is 18.2 Å². The van der Waals surface area contributed by atoms with Crippen molar-refractivity contribution in [2.45, 2.75) is 0 Å². The predicted molar refractivity (Wildman–Crippen MR) is 64.6 cm³/mol. The lowest BCUT2D eigenvalue weighted by atomic mass is 10.1. The molecule has 0 amide bonds. The summed E-state index contributed by atoms with van der Waals surface area (Å²) in [6.45, 7) is 0. The molecule has 19 heavy (non-hydrogen) atoms. The summed E-state index contributed by atoms with van der Waals surface area (Å²) in [5.74, 6) is -0.898. The smallest absolute Gasteiger partial charge is 0.369 e. The summed E-state index contributed by atoms with van der Waals surface area (Å²) >= 11 is 0. The molecule has 7 nitrogen and oxygen atoms in total. The lowest BCUT2D eigenvalue weighted by Crippen LogP contribution is -2.15. The lowest BCUT2D eigenvalue weighted by Gasteiger charge is -2.03. The first-order chi connectivity index (χ1) is 9.15. The number of hydrogen-bond donors (Lipinski definition) is 1. The largest absolute Gasteiger partial charge is 0.464 e. The summed E-state index contributed by atoms with van der Waals surface area (Å²) in [6, 6.07) is 9.63. The van der Waals surface area contributed by atoms with E-state index in [-0.39, 0.29) is 11.3 Å². The van der Waals surface area contributed by atoms with Gasteiger partial charge < -0.3 is 4.74 Å². The number of nitrogens with zero attached hydrogens (tertiary/aromatic N) is 4. The van der Waals surface area contributed by atoms with Crippen LogP contribution in [0.4, 0.5) is 5.69 Å². The molecule has 0 aromatic heterocycles. The molecule has 1 N–H and O–H groups in total. The molecule has 0 unspecified atom stereocenters. The third-order valence-corrected chi connectivity index (χ3v) is 2.04. The summed E-state index contributed by atoms with van der Waals surface area (Å²) in [5.41, 5.74) is 2.66. The van der Waals surface area contributed by atoms with Crippen LogP contribution in [0.25, 0.3) is 0 Å². The lowest BCUT2D eigenvalue weighted by molar-refractivity contribution is -0.132.